The maximum absolute atomic E-state index is 6.12. The largest absolute Gasteiger partial charge is 0.487 e. The zero-order valence-corrected chi connectivity index (χ0v) is 13.4. The molecule has 3 rings (SSSR count). The second-order valence-corrected chi connectivity index (χ2v) is 6.62. The summed E-state index contributed by atoms with van der Waals surface area (Å²) in [5.41, 5.74) is 3.58. The second-order valence-electron chi connectivity index (χ2n) is 6.18. The molecule has 0 bridgehead atoms. The Morgan fingerprint density at radius 1 is 1.14 bits per heavy atom. The van der Waals surface area contributed by atoms with Crippen LogP contribution in [0.4, 0.5) is 0 Å². The summed E-state index contributed by atoms with van der Waals surface area (Å²) in [5, 5.41) is 4.14. The van der Waals surface area contributed by atoms with Crippen molar-refractivity contribution in [3.05, 3.63) is 64.2 Å². The van der Waals surface area contributed by atoms with Crippen molar-refractivity contribution in [1.82, 2.24) is 5.32 Å². The van der Waals surface area contributed by atoms with E-state index in [2.05, 4.69) is 43.4 Å². The van der Waals surface area contributed by atoms with Gasteiger partial charge in [0, 0.05) is 11.4 Å². The minimum Gasteiger partial charge on any atom is -0.487 e. The summed E-state index contributed by atoms with van der Waals surface area (Å²) in [6.45, 7) is 4.25. The number of hydrogen-bond donors (Lipinski definition) is 1. The highest BCUT2D eigenvalue weighted by Crippen LogP contribution is 2.37. The average Bonchev–Trinajstić information content (AvgIpc) is 2.73. The fourth-order valence-electron chi connectivity index (χ4n) is 3.02. The van der Waals surface area contributed by atoms with Gasteiger partial charge in [-0.3, -0.25) is 0 Å². The van der Waals surface area contributed by atoms with Gasteiger partial charge in [-0.15, -0.1) is 0 Å². The lowest BCUT2D eigenvalue weighted by molar-refractivity contribution is 0.138. The molecule has 2 aromatic carbocycles. The van der Waals surface area contributed by atoms with E-state index in [1.54, 1.807) is 0 Å². The summed E-state index contributed by atoms with van der Waals surface area (Å²) in [6.07, 6.45) is 0.947. The van der Waals surface area contributed by atoms with Crippen LogP contribution < -0.4 is 10.1 Å². The van der Waals surface area contributed by atoms with Crippen molar-refractivity contribution >= 4 is 11.6 Å². The highest BCUT2D eigenvalue weighted by Gasteiger charge is 2.30. The Morgan fingerprint density at radius 2 is 1.90 bits per heavy atom. The van der Waals surface area contributed by atoms with Gasteiger partial charge in [0.1, 0.15) is 11.4 Å². The second kappa shape index (κ2) is 5.36. The topological polar surface area (TPSA) is 21.3 Å². The van der Waals surface area contributed by atoms with Crippen LogP contribution >= 0.6 is 11.6 Å². The minimum absolute atomic E-state index is 0.105. The van der Waals surface area contributed by atoms with Gasteiger partial charge in [-0.25, -0.2) is 0 Å². The number of nitrogens with one attached hydrogen (secondary N) is 1. The van der Waals surface area contributed by atoms with Crippen LogP contribution in [0.5, 0.6) is 5.75 Å². The Balaban J connectivity index is 1.96. The van der Waals surface area contributed by atoms with Gasteiger partial charge in [-0.2, -0.15) is 0 Å². The molecule has 1 aliphatic heterocycles. The zero-order chi connectivity index (χ0) is 15.0. The molecule has 0 radical (unpaired) electrons. The predicted octanol–water partition coefficient (Wildman–Crippen LogP) is 4.36. The van der Waals surface area contributed by atoms with E-state index in [-0.39, 0.29) is 11.6 Å². The zero-order valence-electron chi connectivity index (χ0n) is 12.6. The summed E-state index contributed by atoms with van der Waals surface area (Å²) >= 11 is 6.12. The van der Waals surface area contributed by atoms with Gasteiger partial charge in [-0.1, -0.05) is 35.9 Å². The quantitative estimate of drug-likeness (QED) is 0.909. The minimum atomic E-state index is -0.105. The molecule has 21 heavy (non-hydrogen) atoms. The van der Waals surface area contributed by atoms with Gasteiger partial charge >= 0.3 is 0 Å². The molecule has 1 atom stereocenters. The van der Waals surface area contributed by atoms with Crippen LogP contribution in [0.25, 0.3) is 0 Å². The van der Waals surface area contributed by atoms with Crippen molar-refractivity contribution in [2.45, 2.75) is 31.9 Å². The molecule has 1 unspecified atom stereocenters. The Kier molecular flexibility index (Phi) is 3.68. The fourth-order valence-corrected chi connectivity index (χ4v) is 3.22. The van der Waals surface area contributed by atoms with Crippen LogP contribution in [0.2, 0.25) is 5.02 Å². The first-order chi connectivity index (χ1) is 9.98. The van der Waals surface area contributed by atoms with E-state index in [0.717, 1.165) is 17.2 Å². The Morgan fingerprint density at radius 3 is 2.62 bits per heavy atom. The Labute approximate surface area is 131 Å². The van der Waals surface area contributed by atoms with Crippen molar-refractivity contribution in [2.24, 2.45) is 0 Å². The molecule has 3 heteroatoms. The fraction of sp³-hybridized carbons (Fsp3) is 0.333. The molecule has 2 aromatic rings. The number of fused-ring (bicyclic) bond motifs is 1. The van der Waals surface area contributed by atoms with Gasteiger partial charge in [0.05, 0.1) is 6.04 Å². The molecule has 110 valence electrons. The van der Waals surface area contributed by atoms with Crippen LogP contribution in [0.3, 0.4) is 0 Å². The molecule has 0 aliphatic carbocycles. The molecule has 0 fully saturated rings. The summed E-state index contributed by atoms with van der Waals surface area (Å²) in [7, 11) is 1.97. The molecule has 2 nitrogen and oxygen atoms in total. The van der Waals surface area contributed by atoms with E-state index < -0.39 is 0 Å². The maximum atomic E-state index is 6.12. The number of halogens is 1. The van der Waals surface area contributed by atoms with Crippen molar-refractivity contribution in [2.75, 3.05) is 7.05 Å². The highest BCUT2D eigenvalue weighted by atomic mass is 35.5. The van der Waals surface area contributed by atoms with Crippen LogP contribution in [0.1, 0.15) is 36.6 Å². The van der Waals surface area contributed by atoms with Crippen molar-refractivity contribution < 1.29 is 4.74 Å². The lowest BCUT2D eigenvalue weighted by Crippen LogP contribution is -2.24. The molecule has 0 saturated heterocycles. The van der Waals surface area contributed by atoms with Gasteiger partial charge in [0.15, 0.2) is 0 Å². The first kappa shape index (κ1) is 14.4. The van der Waals surface area contributed by atoms with Gasteiger partial charge < -0.3 is 10.1 Å². The number of ether oxygens (including phenoxy) is 1. The Hall–Kier alpha value is -1.51. The summed E-state index contributed by atoms with van der Waals surface area (Å²) in [6, 6.07) is 14.6. The molecule has 0 saturated carbocycles. The third-order valence-electron chi connectivity index (χ3n) is 3.89. The molecular formula is C18H20ClNO. The first-order valence-electron chi connectivity index (χ1n) is 7.23. The molecule has 1 heterocycles. The van der Waals surface area contributed by atoms with Gasteiger partial charge in [0.25, 0.3) is 0 Å². The third-order valence-corrected chi connectivity index (χ3v) is 4.13. The predicted molar refractivity (Wildman–Crippen MR) is 87.2 cm³/mol. The highest BCUT2D eigenvalue weighted by molar-refractivity contribution is 6.30. The first-order valence-corrected chi connectivity index (χ1v) is 7.61. The monoisotopic (exact) mass is 301 g/mol. The van der Waals surface area contributed by atoms with Crippen LogP contribution in [-0.2, 0) is 6.42 Å². The summed E-state index contributed by atoms with van der Waals surface area (Å²) in [5.74, 6) is 1.00. The van der Waals surface area contributed by atoms with E-state index in [0.29, 0.717) is 0 Å². The number of rotatable bonds is 3. The van der Waals surface area contributed by atoms with Gasteiger partial charge in [-0.05, 0) is 55.8 Å². The molecule has 1 aliphatic rings. The van der Waals surface area contributed by atoms with Crippen molar-refractivity contribution in [3.63, 3.8) is 0 Å². The third kappa shape index (κ3) is 2.92. The van der Waals surface area contributed by atoms with Crippen molar-refractivity contribution in [1.29, 1.82) is 0 Å². The van der Waals surface area contributed by atoms with E-state index in [1.165, 1.54) is 16.7 Å². The normalized spacial score (nSPS) is 17.1. The van der Waals surface area contributed by atoms with Crippen molar-refractivity contribution in [3.8, 4) is 5.75 Å². The SMILES string of the molecule is CNC(c1cccc(Cl)c1)c1ccc2c(c1)CC(C)(C)O2. The Bertz CT molecular complexity index is 666. The van der Waals surface area contributed by atoms with Crippen LogP contribution in [0, 0.1) is 0 Å². The van der Waals surface area contributed by atoms with E-state index >= 15 is 0 Å². The molecule has 0 amide bonds. The molecule has 1 N–H and O–H groups in total. The maximum Gasteiger partial charge on any atom is 0.123 e. The van der Waals surface area contributed by atoms with Crippen LogP contribution in [0.15, 0.2) is 42.5 Å². The van der Waals surface area contributed by atoms with E-state index in [1.807, 2.05) is 25.2 Å². The van der Waals surface area contributed by atoms with Crippen LogP contribution in [-0.4, -0.2) is 12.6 Å². The molecule has 0 spiro atoms. The average molecular weight is 302 g/mol. The molecular weight excluding hydrogens is 282 g/mol. The lowest BCUT2D eigenvalue weighted by Gasteiger charge is -2.18. The number of benzene rings is 2. The lowest BCUT2D eigenvalue weighted by atomic mass is 9.94. The van der Waals surface area contributed by atoms with Gasteiger partial charge in [0.2, 0.25) is 0 Å². The smallest absolute Gasteiger partial charge is 0.123 e. The molecule has 0 aromatic heterocycles. The van der Waals surface area contributed by atoms with E-state index in [9.17, 15) is 0 Å². The summed E-state index contributed by atoms with van der Waals surface area (Å²) in [4.78, 5) is 0. The number of hydrogen-bond acceptors (Lipinski definition) is 2. The standard InChI is InChI=1S/C18H20ClNO/c1-18(2)11-14-9-13(7-8-16(14)21-18)17(20-3)12-5-4-6-15(19)10-12/h4-10,17,20H,11H2,1-3H3. The van der Waals surface area contributed by atoms with E-state index in [4.69, 9.17) is 16.3 Å². The summed E-state index contributed by atoms with van der Waals surface area (Å²) < 4.78 is 5.95.